The molecule has 1 heterocycles. The molecule has 4 rings (SSSR count). The molecule has 1 amide bonds. The monoisotopic (exact) mass is 389 g/mol. The largest absolute Gasteiger partial charge is 0.492 e. The van der Waals surface area contributed by atoms with Gasteiger partial charge in [0.15, 0.2) is 0 Å². The number of ether oxygens (including phenoxy) is 1. The normalized spacial score (nSPS) is 10.8. The molecule has 0 spiro atoms. The second-order valence-corrected chi connectivity index (χ2v) is 6.52. The summed E-state index contributed by atoms with van der Waals surface area (Å²) in [5.41, 5.74) is 2.25. The summed E-state index contributed by atoms with van der Waals surface area (Å²) in [6.07, 6.45) is 0. The Hall–Kier alpha value is -3.67. The number of hydrogen-bond donors (Lipinski definition) is 1. The quantitative estimate of drug-likeness (QED) is 0.516. The Morgan fingerprint density at radius 1 is 0.966 bits per heavy atom. The van der Waals surface area contributed by atoms with Gasteiger partial charge in [0.1, 0.15) is 24.0 Å². The summed E-state index contributed by atoms with van der Waals surface area (Å²) in [6, 6.07) is 22.9. The third-order valence-electron chi connectivity index (χ3n) is 4.57. The number of carbonyl (C=O) groups is 1. The minimum absolute atomic E-state index is 0.260. The molecule has 0 bridgehead atoms. The molecule has 4 aromatic rings. The molecule has 0 radical (unpaired) electrons. The van der Waals surface area contributed by atoms with Crippen LogP contribution >= 0.6 is 0 Å². The number of amides is 1. The molecular weight excluding hydrogens is 369 g/mol. The highest BCUT2D eigenvalue weighted by atomic mass is 19.1. The van der Waals surface area contributed by atoms with Gasteiger partial charge in [-0.1, -0.05) is 30.3 Å². The maximum absolute atomic E-state index is 13.1. The summed E-state index contributed by atoms with van der Waals surface area (Å²) in [4.78, 5) is 17.0. The average molecular weight is 389 g/mol. The van der Waals surface area contributed by atoms with Crippen LogP contribution in [0.4, 0.5) is 4.39 Å². The highest BCUT2D eigenvalue weighted by Gasteiger charge is 2.12. The number of rotatable bonds is 7. The first kappa shape index (κ1) is 18.7. The van der Waals surface area contributed by atoms with Gasteiger partial charge in [0.05, 0.1) is 24.1 Å². The molecule has 0 aliphatic rings. The van der Waals surface area contributed by atoms with Crippen molar-refractivity contribution in [1.29, 1.82) is 0 Å². The molecule has 29 heavy (non-hydrogen) atoms. The fraction of sp³-hybridized carbons (Fsp3) is 0.130. The summed E-state index contributed by atoms with van der Waals surface area (Å²) >= 11 is 0. The molecule has 0 saturated heterocycles. The fourth-order valence-electron chi connectivity index (χ4n) is 3.14. The van der Waals surface area contributed by atoms with E-state index in [1.807, 2.05) is 59.2 Å². The van der Waals surface area contributed by atoms with E-state index in [0.29, 0.717) is 18.7 Å². The molecule has 1 N–H and O–H groups in total. The van der Waals surface area contributed by atoms with Crippen LogP contribution in [0, 0.1) is 5.82 Å². The number of para-hydroxylation sites is 3. The third kappa shape index (κ3) is 4.43. The molecular formula is C23H20FN3O2. The van der Waals surface area contributed by atoms with Gasteiger partial charge in [0.2, 0.25) is 0 Å². The zero-order valence-electron chi connectivity index (χ0n) is 15.7. The number of nitrogens with zero attached hydrogens (tertiary/aromatic N) is 2. The summed E-state index contributed by atoms with van der Waals surface area (Å²) < 4.78 is 20.9. The second kappa shape index (κ2) is 8.56. The first-order valence-electron chi connectivity index (χ1n) is 9.36. The maximum atomic E-state index is 13.1. The minimum atomic E-state index is -0.373. The molecule has 1 aromatic heterocycles. The van der Waals surface area contributed by atoms with Crippen molar-refractivity contribution >= 4 is 16.9 Å². The van der Waals surface area contributed by atoms with E-state index >= 15 is 0 Å². The van der Waals surface area contributed by atoms with Crippen LogP contribution in [0.2, 0.25) is 0 Å². The van der Waals surface area contributed by atoms with Crippen molar-refractivity contribution in [2.75, 3.05) is 6.61 Å². The van der Waals surface area contributed by atoms with Gasteiger partial charge in [-0.15, -0.1) is 0 Å². The number of nitrogens with one attached hydrogen (secondary N) is 1. The lowest BCUT2D eigenvalue weighted by Gasteiger charge is -2.11. The molecule has 0 fully saturated rings. The Kier molecular flexibility index (Phi) is 5.52. The molecule has 6 heteroatoms. The molecule has 3 aromatic carbocycles. The first-order chi connectivity index (χ1) is 14.2. The Morgan fingerprint density at radius 2 is 1.69 bits per heavy atom. The number of hydrogen-bond acceptors (Lipinski definition) is 3. The Morgan fingerprint density at radius 3 is 2.48 bits per heavy atom. The predicted molar refractivity (Wildman–Crippen MR) is 109 cm³/mol. The van der Waals surface area contributed by atoms with Gasteiger partial charge in [-0.25, -0.2) is 9.37 Å². The van der Waals surface area contributed by atoms with E-state index in [9.17, 15) is 9.18 Å². The zero-order valence-corrected chi connectivity index (χ0v) is 15.7. The number of benzene rings is 3. The Balaban J connectivity index is 1.48. The SMILES string of the molecule is O=C(NCc1nc2ccccc2n1CCOc1ccccc1)c1ccc(F)cc1. The molecule has 0 aliphatic carbocycles. The molecule has 0 unspecified atom stereocenters. The number of fused-ring (bicyclic) bond motifs is 1. The predicted octanol–water partition coefficient (Wildman–Crippen LogP) is 4.18. The topological polar surface area (TPSA) is 56.2 Å². The van der Waals surface area contributed by atoms with Crippen LogP contribution in [0.1, 0.15) is 16.2 Å². The average Bonchev–Trinajstić information content (AvgIpc) is 3.11. The van der Waals surface area contributed by atoms with Gasteiger partial charge in [0, 0.05) is 5.56 Å². The summed E-state index contributed by atoms with van der Waals surface area (Å²) in [5.74, 6) is 0.896. The number of aromatic nitrogens is 2. The van der Waals surface area contributed by atoms with E-state index < -0.39 is 0 Å². The van der Waals surface area contributed by atoms with Gasteiger partial charge in [-0.3, -0.25) is 4.79 Å². The van der Waals surface area contributed by atoms with Crippen LogP contribution in [0.25, 0.3) is 11.0 Å². The standard InChI is InChI=1S/C23H20FN3O2/c24-18-12-10-17(11-13-18)23(28)25-16-22-26-20-8-4-5-9-21(20)27(22)14-15-29-19-6-2-1-3-7-19/h1-13H,14-16H2,(H,25,28). The maximum Gasteiger partial charge on any atom is 0.251 e. The lowest BCUT2D eigenvalue weighted by Crippen LogP contribution is -2.25. The second-order valence-electron chi connectivity index (χ2n) is 6.52. The van der Waals surface area contributed by atoms with Crippen LogP contribution in [-0.4, -0.2) is 22.1 Å². The van der Waals surface area contributed by atoms with Crippen LogP contribution in [0.5, 0.6) is 5.75 Å². The van der Waals surface area contributed by atoms with Crippen molar-refractivity contribution in [2.45, 2.75) is 13.1 Å². The summed E-state index contributed by atoms with van der Waals surface area (Å²) in [5, 5.41) is 2.86. The van der Waals surface area contributed by atoms with Crippen molar-refractivity contribution in [3.05, 3.63) is 96.1 Å². The van der Waals surface area contributed by atoms with Crippen LogP contribution in [0.15, 0.2) is 78.9 Å². The Bertz CT molecular complexity index is 1110. The van der Waals surface area contributed by atoms with Gasteiger partial charge >= 0.3 is 0 Å². The van der Waals surface area contributed by atoms with E-state index in [0.717, 1.165) is 22.6 Å². The van der Waals surface area contributed by atoms with Gasteiger partial charge < -0.3 is 14.6 Å². The highest BCUT2D eigenvalue weighted by Crippen LogP contribution is 2.17. The molecule has 0 atom stereocenters. The summed E-state index contributed by atoms with van der Waals surface area (Å²) in [6.45, 7) is 1.33. The highest BCUT2D eigenvalue weighted by molar-refractivity contribution is 5.94. The van der Waals surface area contributed by atoms with E-state index in [1.165, 1.54) is 24.3 Å². The van der Waals surface area contributed by atoms with E-state index in [1.54, 1.807) is 0 Å². The summed E-state index contributed by atoms with van der Waals surface area (Å²) in [7, 11) is 0. The van der Waals surface area contributed by atoms with Crippen molar-refractivity contribution < 1.29 is 13.9 Å². The molecule has 146 valence electrons. The van der Waals surface area contributed by atoms with Crippen LogP contribution in [-0.2, 0) is 13.1 Å². The zero-order chi connectivity index (χ0) is 20.1. The Labute approximate surface area is 167 Å². The van der Waals surface area contributed by atoms with Gasteiger partial charge in [0.25, 0.3) is 5.91 Å². The smallest absolute Gasteiger partial charge is 0.251 e. The van der Waals surface area contributed by atoms with Crippen molar-refractivity contribution in [3.8, 4) is 5.75 Å². The lowest BCUT2D eigenvalue weighted by molar-refractivity contribution is 0.0949. The van der Waals surface area contributed by atoms with E-state index in [2.05, 4.69) is 10.3 Å². The van der Waals surface area contributed by atoms with E-state index in [4.69, 9.17) is 4.74 Å². The minimum Gasteiger partial charge on any atom is -0.492 e. The third-order valence-corrected chi connectivity index (χ3v) is 4.57. The van der Waals surface area contributed by atoms with Crippen molar-refractivity contribution in [2.24, 2.45) is 0 Å². The number of imidazole rings is 1. The molecule has 0 aliphatic heterocycles. The fourth-order valence-corrected chi connectivity index (χ4v) is 3.14. The number of halogens is 1. The van der Waals surface area contributed by atoms with Crippen LogP contribution < -0.4 is 10.1 Å². The van der Waals surface area contributed by atoms with Crippen molar-refractivity contribution in [3.63, 3.8) is 0 Å². The molecule has 5 nitrogen and oxygen atoms in total. The first-order valence-corrected chi connectivity index (χ1v) is 9.36. The van der Waals surface area contributed by atoms with Crippen LogP contribution in [0.3, 0.4) is 0 Å². The lowest BCUT2D eigenvalue weighted by atomic mass is 10.2. The van der Waals surface area contributed by atoms with E-state index in [-0.39, 0.29) is 18.3 Å². The van der Waals surface area contributed by atoms with Crippen molar-refractivity contribution in [1.82, 2.24) is 14.9 Å². The van der Waals surface area contributed by atoms with Gasteiger partial charge in [-0.05, 0) is 48.5 Å². The number of carbonyl (C=O) groups excluding carboxylic acids is 1. The van der Waals surface area contributed by atoms with Gasteiger partial charge in [-0.2, -0.15) is 0 Å². The molecule has 0 saturated carbocycles.